The number of anilines is 2. The van der Waals surface area contributed by atoms with E-state index >= 15 is 0 Å². The van der Waals surface area contributed by atoms with Crippen LogP contribution in [0, 0.1) is 17.8 Å². The zero-order chi connectivity index (χ0) is 21.5. The molecule has 4 bridgehead atoms. The summed E-state index contributed by atoms with van der Waals surface area (Å²) in [4.78, 5) is 12.9. The van der Waals surface area contributed by atoms with Crippen molar-refractivity contribution >= 4 is 17.3 Å². The molecule has 0 unspecified atom stereocenters. The molecule has 164 valence electrons. The van der Waals surface area contributed by atoms with Crippen LogP contribution in [0.15, 0.2) is 67.0 Å². The molecule has 1 amide bonds. The number of hydrogen-bond donors (Lipinski definition) is 2. The van der Waals surface area contributed by atoms with E-state index in [-0.39, 0.29) is 11.4 Å². The van der Waals surface area contributed by atoms with Crippen LogP contribution in [0.25, 0.3) is 5.69 Å². The van der Waals surface area contributed by atoms with Crippen LogP contribution in [0.5, 0.6) is 0 Å². The van der Waals surface area contributed by atoms with Gasteiger partial charge in [-0.05, 0) is 92.2 Å². The molecular formula is C27H30N4O. The fourth-order valence-electron chi connectivity index (χ4n) is 6.82. The van der Waals surface area contributed by atoms with Crippen molar-refractivity contribution in [2.45, 2.75) is 50.5 Å². The highest BCUT2D eigenvalue weighted by Crippen LogP contribution is 2.56. The summed E-state index contributed by atoms with van der Waals surface area (Å²) < 4.78 is 1.82. The lowest BCUT2D eigenvalue weighted by atomic mass is 9.53. The van der Waals surface area contributed by atoms with Crippen molar-refractivity contribution < 1.29 is 4.79 Å². The van der Waals surface area contributed by atoms with Crippen molar-refractivity contribution in [3.63, 3.8) is 0 Å². The smallest absolute Gasteiger partial charge is 0.228 e. The number of carbonyl (C=O) groups is 1. The topological polar surface area (TPSA) is 59.0 Å². The summed E-state index contributed by atoms with van der Waals surface area (Å²) in [6.07, 6.45) is 12.2. The summed E-state index contributed by atoms with van der Waals surface area (Å²) in [6.45, 7) is 0. The van der Waals surface area contributed by atoms with Crippen LogP contribution in [0.3, 0.4) is 0 Å². The van der Waals surface area contributed by atoms with Crippen molar-refractivity contribution in [2.24, 2.45) is 17.8 Å². The number of carbonyl (C=O) groups excluding carboxylic acids is 1. The van der Waals surface area contributed by atoms with E-state index in [1.165, 1.54) is 38.5 Å². The van der Waals surface area contributed by atoms with Crippen molar-refractivity contribution in [3.8, 4) is 5.69 Å². The van der Waals surface area contributed by atoms with E-state index in [1.807, 2.05) is 53.3 Å². The number of benzene rings is 2. The van der Waals surface area contributed by atoms with E-state index in [0.717, 1.165) is 40.4 Å². The molecule has 2 aromatic carbocycles. The highest BCUT2D eigenvalue weighted by atomic mass is 16.1. The Bertz CT molecular complexity index is 1070. The Labute approximate surface area is 189 Å². The molecule has 1 heterocycles. The Hall–Kier alpha value is -3.08. The molecule has 4 saturated carbocycles. The number of aromatic nitrogens is 2. The van der Waals surface area contributed by atoms with Gasteiger partial charge < -0.3 is 10.6 Å². The molecule has 4 fully saturated rings. The number of nitrogens with zero attached hydrogens (tertiary/aromatic N) is 2. The maximum absolute atomic E-state index is 12.9. The van der Waals surface area contributed by atoms with Gasteiger partial charge in [0.2, 0.25) is 5.91 Å². The monoisotopic (exact) mass is 426 g/mol. The standard InChI is InChI=1S/C27H30N4O/c32-26(15-19-6-8-23(9-7-19)31-11-3-10-28-31)29-24-4-1-2-5-25(24)30-27-16-20-12-21(17-27)14-22(13-20)18-27/h1-11,20-22,30H,12-18H2,(H,29,32). The average Bonchev–Trinajstić information content (AvgIpc) is 3.29. The molecule has 7 rings (SSSR count). The van der Waals surface area contributed by atoms with Crippen LogP contribution in [0.1, 0.15) is 44.1 Å². The summed E-state index contributed by atoms with van der Waals surface area (Å²) in [7, 11) is 0. The second-order valence-electron chi connectivity index (χ2n) is 10.2. The fourth-order valence-corrected chi connectivity index (χ4v) is 6.82. The highest BCUT2D eigenvalue weighted by molar-refractivity contribution is 5.95. The minimum absolute atomic E-state index is 0.0107. The van der Waals surface area contributed by atoms with Gasteiger partial charge in [-0.1, -0.05) is 24.3 Å². The fraction of sp³-hybridized carbons (Fsp3) is 0.407. The summed E-state index contributed by atoms with van der Waals surface area (Å²) >= 11 is 0. The number of para-hydroxylation sites is 2. The molecule has 1 aromatic heterocycles. The first-order valence-electron chi connectivity index (χ1n) is 11.9. The molecule has 0 aliphatic heterocycles. The number of rotatable bonds is 6. The van der Waals surface area contributed by atoms with Crippen LogP contribution in [0.2, 0.25) is 0 Å². The van der Waals surface area contributed by atoms with E-state index in [2.05, 4.69) is 27.9 Å². The van der Waals surface area contributed by atoms with Gasteiger partial charge in [0.15, 0.2) is 0 Å². The van der Waals surface area contributed by atoms with Crippen LogP contribution < -0.4 is 10.6 Å². The van der Waals surface area contributed by atoms with Crippen LogP contribution in [-0.2, 0) is 11.2 Å². The Morgan fingerprint density at radius 3 is 2.19 bits per heavy atom. The van der Waals surface area contributed by atoms with Gasteiger partial charge in [0.1, 0.15) is 0 Å². The molecule has 32 heavy (non-hydrogen) atoms. The minimum atomic E-state index is 0.0107. The minimum Gasteiger partial charge on any atom is -0.378 e. The first-order valence-corrected chi connectivity index (χ1v) is 11.9. The van der Waals surface area contributed by atoms with Crippen molar-refractivity contribution in [1.29, 1.82) is 0 Å². The van der Waals surface area contributed by atoms with E-state index in [0.29, 0.717) is 6.42 Å². The maximum atomic E-state index is 12.9. The first-order chi connectivity index (χ1) is 15.6. The maximum Gasteiger partial charge on any atom is 0.228 e. The molecule has 0 saturated heterocycles. The van der Waals surface area contributed by atoms with Crippen molar-refractivity contribution in [3.05, 3.63) is 72.6 Å². The normalized spacial score (nSPS) is 27.9. The second kappa shape index (κ2) is 7.80. The molecule has 0 spiro atoms. The van der Waals surface area contributed by atoms with Crippen LogP contribution >= 0.6 is 0 Å². The predicted molar refractivity (Wildman–Crippen MR) is 127 cm³/mol. The predicted octanol–water partition coefficient (Wildman–Crippen LogP) is 5.43. The van der Waals surface area contributed by atoms with Gasteiger partial charge in [0.25, 0.3) is 0 Å². The summed E-state index contributed by atoms with van der Waals surface area (Å²) in [5.41, 5.74) is 4.16. The zero-order valence-electron chi connectivity index (χ0n) is 18.3. The van der Waals surface area contributed by atoms with Crippen LogP contribution in [0.4, 0.5) is 11.4 Å². The van der Waals surface area contributed by atoms with E-state index in [1.54, 1.807) is 6.20 Å². The van der Waals surface area contributed by atoms with E-state index < -0.39 is 0 Å². The molecule has 2 N–H and O–H groups in total. The molecule has 4 aliphatic carbocycles. The Morgan fingerprint density at radius 1 is 0.906 bits per heavy atom. The van der Waals surface area contributed by atoms with Gasteiger partial charge >= 0.3 is 0 Å². The van der Waals surface area contributed by atoms with Crippen molar-refractivity contribution in [1.82, 2.24) is 9.78 Å². The third-order valence-corrected chi connectivity index (χ3v) is 7.71. The second-order valence-corrected chi connectivity index (χ2v) is 10.2. The zero-order valence-corrected chi connectivity index (χ0v) is 18.3. The quantitative estimate of drug-likeness (QED) is 0.552. The highest BCUT2D eigenvalue weighted by Gasteiger charge is 2.51. The van der Waals surface area contributed by atoms with Gasteiger partial charge in [0, 0.05) is 17.9 Å². The SMILES string of the molecule is O=C(Cc1ccc(-n2cccn2)cc1)Nc1ccccc1NC12CC3CC(CC(C3)C1)C2. The summed E-state index contributed by atoms with van der Waals surface area (Å²) in [5, 5.41) is 11.3. The summed E-state index contributed by atoms with van der Waals surface area (Å²) in [5.74, 6) is 2.68. The molecule has 5 heteroatoms. The van der Waals surface area contributed by atoms with Crippen molar-refractivity contribution in [2.75, 3.05) is 10.6 Å². The Balaban J connectivity index is 1.14. The number of hydrogen-bond acceptors (Lipinski definition) is 3. The lowest BCUT2D eigenvalue weighted by molar-refractivity contribution is -0.115. The van der Waals surface area contributed by atoms with Gasteiger partial charge in [0.05, 0.1) is 23.5 Å². The summed E-state index contributed by atoms with van der Waals surface area (Å²) in [6, 6.07) is 18.1. The molecular weight excluding hydrogens is 396 g/mol. The van der Waals surface area contributed by atoms with E-state index in [9.17, 15) is 4.79 Å². The molecule has 4 aliphatic rings. The molecule has 3 aromatic rings. The number of amides is 1. The Morgan fingerprint density at radius 2 is 1.56 bits per heavy atom. The van der Waals surface area contributed by atoms with Crippen LogP contribution in [-0.4, -0.2) is 21.2 Å². The third kappa shape index (κ3) is 3.81. The van der Waals surface area contributed by atoms with Gasteiger partial charge in [-0.15, -0.1) is 0 Å². The Kier molecular flexibility index (Phi) is 4.78. The lowest BCUT2D eigenvalue weighted by Crippen LogP contribution is -2.54. The van der Waals surface area contributed by atoms with Gasteiger partial charge in [-0.2, -0.15) is 5.10 Å². The third-order valence-electron chi connectivity index (χ3n) is 7.71. The molecule has 0 atom stereocenters. The molecule has 0 radical (unpaired) electrons. The number of nitrogens with one attached hydrogen (secondary N) is 2. The van der Waals surface area contributed by atoms with E-state index in [4.69, 9.17) is 0 Å². The van der Waals surface area contributed by atoms with Gasteiger partial charge in [-0.25, -0.2) is 4.68 Å². The molecule has 5 nitrogen and oxygen atoms in total. The lowest BCUT2D eigenvalue weighted by Gasteiger charge is -2.57. The largest absolute Gasteiger partial charge is 0.378 e. The van der Waals surface area contributed by atoms with Gasteiger partial charge in [-0.3, -0.25) is 4.79 Å². The average molecular weight is 427 g/mol. The first kappa shape index (κ1) is 19.6.